The molecule has 1 aliphatic carbocycles. The summed E-state index contributed by atoms with van der Waals surface area (Å²) in [4.78, 5) is 39.0. The number of ketones is 3. The van der Waals surface area contributed by atoms with Gasteiger partial charge < -0.3 is 0 Å². The Labute approximate surface area is 180 Å². The van der Waals surface area contributed by atoms with Crippen LogP contribution in [0.25, 0.3) is 10.9 Å². The van der Waals surface area contributed by atoms with Crippen molar-refractivity contribution in [1.29, 1.82) is 0 Å². The van der Waals surface area contributed by atoms with E-state index in [2.05, 4.69) is 10.2 Å². The minimum Gasteiger partial charge on any atom is -0.290 e. The molecule has 1 heterocycles. The predicted molar refractivity (Wildman–Crippen MR) is 114 cm³/mol. The third kappa shape index (κ3) is 2.56. The fourth-order valence-corrected chi connectivity index (χ4v) is 4.29. The van der Waals surface area contributed by atoms with E-state index in [0.29, 0.717) is 22.1 Å². The van der Waals surface area contributed by atoms with Gasteiger partial charge in [0.1, 0.15) is 5.52 Å². The van der Waals surface area contributed by atoms with Gasteiger partial charge in [-0.1, -0.05) is 83.9 Å². The molecule has 0 aliphatic heterocycles. The topological polar surface area (TPSA) is 79.9 Å². The van der Waals surface area contributed by atoms with Crippen LogP contribution in [0.4, 0.5) is 0 Å². The highest BCUT2D eigenvalue weighted by Crippen LogP contribution is 2.41. The lowest BCUT2D eigenvalue weighted by Gasteiger charge is -2.19. The summed E-state index contributed by atoms with van der Waals surface area (Å²) >= 11 is 13.0. The van der Waals surface area contributed by atoms with Crippen molar-refractivity contribution in [3.05, 3.63) is 100 Å². The monoisotopic (exact) mass is 434 g/mol. The number of nitrogens with zero attached hydrogens (tertiary/aromatic N) is 1. The van der Waals surface area contributed by atoms with Crippen molar-refractivity contribution < 1.29 is 14.4 Å². The first-order chi connectivity index (χ1) is 14.4. The molecule has 5 rings (SSSR count). The van der Waals surface area contributed by atoms with Gasteiger partial charge in [-0.2, -0.15) is 5.10 Å². The van der Waals surface area contributed by atoms with Crippen LogP contribution in [0.3, 0.4) is 0 Å². The Morgan fingerprint density at radius 2 is 1.43 bits per heavy atom. The summed E-state index contributed by atoms with van der Waals surface area (Å²) in [6.45, 7) is 0. The molecule has 0 bridgehead atoms. The van der Waals surface area contributed by atoms with Crippen LogP contribution in [0.1, 0.15) is 47.9 Å². The zero-order valence-corrected chi connectivity index (χ0v) is 16.8. The molecule has 30 heavy (non-hydrogen) atoms. The molecule has 146 valence electrons. The zero-order chi connectivity index (χ0) is 21.0. The number of benzene rings is 3. The second kappa shape index (κ2) is 6.62. The lowest BCUT2D eigenvalue weighted by molar-refractivity contribution is 0.0970. The maximum atomic E-state index is 13.1. The van der Waals surface area contributed by atoms with E-state index < -0.39 is 10.1 Å². The van der Waals surface area contributed by atoms with Gasteiger partial charge in [-0.05, 0) is 6.07 Å². The Bertz CT molecular complexity index is 1370. The molecule has 0 radical (unpaired) electrons. The van der Waals surface area contributed by atoms with E-state index in [-0.39, 0.29) is 33.9 Å². The third-order valence-corrected chi connectivity index (χ3v) is 5.97. The Kier molecular flexibility index (Phi) is 4.13. The van der Waals surface area contributed by atoms with Gasteiger partial charge in [0, 0.05) is 27.6 Å². The second-order valence-electron chi connectivity index (χ2n) is 6.96. The fourth-order valence-electron chi connectivity index (χ4n) is 3.78. The molecule has 0 saturated carbocycles. The van der Waals surface area contributed by atoms with Gasteiger partial charge in [0.15, 0.2) is 11.6 Å². The number of Topliss-reactive ketones (excluding diaryl/α,β-unsaturated/α-hetero) is 1. The number of fused-ring (bicyclic) bond motifs is 4. The number of hydrogen-bond donors (Lipinski definition) is 1. The summed E-state index contributed by atoms with van der Waals surface area (Å²) in [5.41, 5.74) is 1.84. The van der Waals surface area contributed by atoms with Crippen LogP contribution in [0.15, 0.2) is 66.7 Å². The molecule has 1 aliphatic rings. The quantitative estimate of drug-likeness (QED) is 0.325. The smallest absolute Gasteiger partial charge is 0.221 e. The van der Waals surface area contributed by atoms with Gasteiger partial charge in [-0.3, -0.25) is 19.5 Å². The molecule has 0 fully saturated rings. The highest BCUT2D eigenvalue weighted by Gasteiger charge is 2.41. The summed E-state index contributed by atoms with van der Waals surface area (Å²) in [7, 11) is 0. The van der Waals surface area contributed by atoms with E-state index in [0.717, 1.165) is 0 Å². The molecule has 3 aromatic carbocycles. The van der Waals surface area contributed by atoms with Crippen molar-refractivity contribution in [1.82, 2.24) is 10.2 Å². The lowest BCUT2D eigenvalue weighted by Crippen LogP contribution is -2.24. The number of aromatic amines is 1. The second-order valence-corrected chi connectivity index (χ2v) is 8.28. The number of halogens is 2. The molecule has 5 nitrogen and oxygen atoms in total. The number of hydrogen-bond acceptors (Lipinski definition) is 4. The van der Waals surface area contributed by atoms with Crippen molar-refractivity contribution in [2.75, 3.05) is 0 Å². The molecule has 0 unspecified atom stereocenters. The van der Waals surface area contributed by atoms with Crippen molar-refractivity contribution in [2.24, 2.45) is 0 Å². The SMILES string of the molecule is O=C1c2ccccc2C(=O)c2c1ccc1c(C(Cl)(Cl)C(=O)c3ccccc3)[nH]nc21. The van der Waals surface area contributed by atoms with E-state index >= 15 is 0 Å². The predicted octanol–water partition coefficient (Wildman–Crippen LogP) is 4.85. The normalized spacial score (nSPS) is 13.3. The molecule has 0 atom stereocenters. The van der Waals surface area contributed by atoms with Crippen molar-refractivity contribution in [3.63, 3.8) is 0 Å². The minimum absolute atomic E-state index is 0.150. The summed E-state index contributed by atoms with van der Waals surface area (Å²) in [5, 5.41) is 7.33. The Morgan fingerprint density at radius 3 is 2.13 bits per heavy atom. The summed E-state index contributed by atoms with van der Waals surface area (Å²) in [6, 6.07) is 18.2. The number of rotatable bonds is 3. The number of carbonyl (C=O) groups excluding carboxylic acids is 3. The molecular formula is C23H12Cl2N2O3. The van der Waals surface area contributed by atoms with Crippen molar-refractivity contribution in [2.45, 2.75) is 4.33 Å². The summed E-state index contributed by atoms with van der Waals surface area (Å²) in [5.74, 6) is -1.09. The van der Waals surface area contributed by atoms with Crippen LogP contribution in [-0.4, -0.2) is 27.5 Å². The van der Waals surface area contributed by atoms with Crippen molar-refractivity contribution >= 4 is 51.5 Å². The number of nitrogens with one attached hydrogen (secondary N) is 1. The number of H-pyrrole nitrogens is 1. The maximum Gasteiger partial charge on any atom is 0.221 e. The third-order valence-electron chi connectivity index (χ3n) is 5.25. The first-order valence-electron chi connectivity index (χ1n) is 9.09. The van der Waals surface area contributed by atoms with Crippen LogP contribution >= 0.6 is 23.2 Å². The Balaban J connectivity index is 1.69. The highest BCUT2D eigenvalue weighted by atomic mass is 35.5. The van der Waals surface area contributed by atoms with Gasteiger partial charge in [-0.25, -0.2) is 0 Å². The van der Waals surface area contributed by atoms with Crippen molar-refractivity contribution in [3.8, 4) is 0 Å². The van der Waals surface area contributed by atoms with Gasteiger partial charge in [-0.15, -0.1) is 0 Å². The van der Waals surface area contributed by atoms with Gasteiger partial charge in [0.25, 0.3) is 0 Å². The zero-order valence-electron chi connectivity index (χ0n) is 15.3. The molecule has 1 aromatic heterocycles. The molecule has 7 heteroatoms. The summed E-state index contributed by atoms with van der Waals surface area (Å²) < 4.78 is -1.95. The largest absolute Gasteiger partial charge is 0.290 e. The van der Waals surface area contributed by atoms with Crippen LogP contribution in [0.2, 0.25) is 0 Å². The number of aromatic nitrogens is 2. The minimum atomic E-state index is -1.95. The van der Waals surface area contributed by atoms with Crippen LogP contribution in [0, 0.1) is 0 Å². The van der Waals surface area contributed by atoms with E-state index in [9.17, 15) is 14.4 Å². The Hall–Kier alpha value is -3.28. The number of carbonyl (C=O) groups is 3. The molecule has 1 N–H and O–H groups in total. The highest BCUT2D eigenvalue weighted by molar-refractivity contribution is 6.59. The molecular weight excluding hydrogens is 423 g/mol. The van der Waals surface area contributed by atoms with Gasteiger partial charge in [0.2, 0.25) is 10.1 Å². The average molecular weight is 435 g/mol. The molecule has 0 saturated heterocycles. The molecule has 0 spiro atoms. The van der Waals surface area contributed by atoms with Gasteiger partial charge in [0.05, 0.1) is 11.3 Å². The van der Waals surface area contributed by atoms with Crippen LogP contribution in [-0.2, 0) is 4.33 Å². The maximum absolute atomic E-state index is 13.1. The Morgan fingerprint density at radius 1 is 0.800 bits per heavy atom. The van der Waals surface area contributed by atoms with Crippen LogP contribution in [0.5, 0.6) is 0 Å². The average Bonchev–Trinajstić information content (AvgIpc) is 3.22. The van der Waals surface area contributed by atoms with E-state index in [4.69, 9.17) is 23.2 Å². The first-order valence-corrected chi connectivity index (χ1v) is 9.84. The van der Waals surface area contributed by atoms with Gasteiger partial charge >= 0.3 is 0 Å². The standard InChI is InChI=1S/C23H12Cl2N2O3/c24-23(25,22(30)12-6-2-1-3-7-12)21-16-11-10-15-17(18(16)26-27-21)20(29)14-9-5-4-8-13(14)19(15)28/h1-11H,(H,26,27). The number of alkyl halides is 2. The van der Waals surface area contributed by atoms with Crippen LogP contribution < -0.4 is 0 Å². The van der Waals surface area contributed by atoms with E-state index in [1.54, 1.807) is 66.7 Å². The molecule has 4 aromatic rings. The summed E-state index contributed by atoms with van der Waals surface area (Å²) in [6.07, 6.45) is 0. The van der Waals surface area contributed by atoms with E-state index in [1.807, 2.05) is 0 Å². The van der Waals surface area contributed by atoms with E-state index in [1.165, 1.54) is 0 Å². The molecule has 0 amide bonds. The fraction of sp³-hybridized carbons (Fsp3) is 0.0435. The first kappa shape index (κ1) is 18.7. The lowest BCUT2D eigenvalue weighted by atomic mass is 9.83.